The van der Waals surface area contributed by atoms with Gasteiger partial charge in [0.15, 0.2) is 0 Å². The van der Waals surface area contributed by atoms with Crippen LogP contribution in [0.15, 0.2) is 0 Å². The molecule has 1 aliphatic heterocycles. The molecule has 100 valence electrons. The lowest BCUT2D eigenvalue weighted by atomic mass is 9.93. The highest BCUT2D eigenvalue weighted by Crippen LogP contribution is 2.26. The smallest absolute Gasteiger partial charge is 0.0565 e. The van der Waals surface area contributed by atoms with E-state index in [-0.39, 0.29) is 0 Å². The molecule has 4 atom stereocenters. The van der Waals surface area contributed by atoms with Crippen LogP contribution in [0.25, 0.3) is 0 Å². The number of nitrogens with one attached hydrogen (secondary N) is 1. The van der Waals surface area contributed by atoms with E-state index in [1.807, 2.05) is 0 Å². The van der Waals surface area contributed by atoms with Crippen LogP contribution in [-0.4, -0.2) is 24.3 Å². The van der Waals surface area contributed by atoms with Crippen molar-refractivity contribution >= 4 is 0 Å². The van der Waals surface area contributed by atoms with E-state index in [1.165, 1.54) is 44.9 Å². The highest BCUT2D eigenvalue weighted by atomic mass is 16.5. The van der Waals surface area contributed by atoms with Crippen molar-refractivity contribution in [2.24, 2.45) is 5.92 Å². The molecule has 4 unspecified atom stereocenters. The first kappa shape index (κ1) is 13.4. The van der Waals surface area contributed by atoms with Crippen molar-refractivity contribution in [3.63, 3.8) is 0 Å². The average Bonchev–Trinajstić information content (AvgIpc) is 2.43. The van der Waals surface area contributed by atoms with Gasteiger partial charge in [0.1, 0.15) is 0 Å². The molecule has 0 radical (unpaired) electrons. The average molecular weight is 239 g/mol. The summed E-state index contributed by atoms with van der Waals surface area (Å²) in [5.41, 5.74) is 0. The van der Waals surface area contributed by atoms with Crippen LogP contribution in [0.4, 0.5) is 0 Å². The molecule has 0 aromatic heterocycles. The molecule has 0 aromatic carbocycles. The molecule has 2 heteroatoms. The van der Waals surface area contributed by atoms with E-state index in [2.05, 4.69) is 26.1 Å². The zero-order valence-electron chi connectivity index (χ0n) is 11.7. The minimum Gasteiger partial charge on any atom is -0.375 e. The summed E-state index contributed by atoms with van der Waals surface area (Å²) in [5.74, 6) is 0.853. The molecule has 2 nitrogen and oxygen atoms in total. The Morgan fingerprint density at radius 3 is 2.24 bits per heavy atom. The van der Waals surface area contributed by atoms with Crippen LogP contribution < -0.4 is 5.32 Å². The third-order valence-electron chi connectivity index (χ3n) is 4.51. The van der Waals surface area contributed by atoms with Gasteiger partial charge in [-0.15, -0.1) is 0 Å². The summed E-state index contributed by atoms with van der Waals surface area (Å²) < 4.78 is 5.82. The Morgan fingerprint density at radius 2 is 1.53 bits per heavy atom. The lowest BCUT2D eigenvalue weighted by molar-refractivity contribution is -0.0445. The van der Waals surface area contributed by atoms with Gasteiger partial charge in [-0.2, -0.15) is 0 Å². The summed E-state index contributed by atoms with van der Waals surface area (Å²) in [7, 11) is 0. The summed E-state index contributed by atoms with van der Waals surface area (Å²) in [4.78, 5) is 0. The maximum atomic E-state index is 5.82. The molecule has 0 aromatic rings. The van der Waals surface area contributed by atoms with Gasteiger partial charge in [0.25, 0.3) is 0 Å². The second-order valence-electron chi connectivity index (χ2n) is 6.31. The summed E-state index contributed by atoms with van der Waals surface area (Å²) in [6.07, 6.45) is 10.3. The van der Waals surface area contributed by atoms with Crippen LogP contribution in [0.2, 0.25) is 0 Å². The Kier molecular flexibility index (Phi) is 4.87. The van der Waals surface area contributed by atoms with Crippen LogP contribution in [0.1, 0.15) is 65.7 Å². The van der Waals surface area contributed by atoms with E-state index < -0.39 is 0 Å². The van der Waals surface area contributed by atoms with Crippen molar-refractivity contribution < 1.29 is 4.74 Å². The zero-order chi connectivity index (χ0) is 12.3. The Hall–Kier alpha value is -0.0800. The molecule has 1 saturated carbocycles. The van der Waals surface area contributed by atoms with Gasteiger partial charge in [0, 0.05) is 12.1 Å². The van der Waals surface area contributed by atoms with Crippen LogP contribution in [0.3, 0.4) is 0 Å². The lowest BCUT2D eigenvalue weighted by Gasteiger charge is -2.36. The third-order valence-corrected chi connectivity index (χ3v) is 4.51. The van der Waals surface area contributed by atoms with Gasteiger partial charge in [0.05, 0.1) is 12.2 Å². The minimum absolute atomic E-state index is 0.428. The molecule has 2 fully saturated rings. The van der Waals surface area contributed by atoms with E-state index in [0.717, 1.165) is 12.0 Å². The molecule has 2 rings (SSSR count). The molecule has 0 amide bonds. The molecule has 17 heavy (non-hydrogen) atoms. The van der Waals surface area contributed by atoms with Crippen molar-refractivity contribution in [3.05, 3.63) is 0 Å². The van der Waals surface area contributed by atoms with Crippen molar-refractivity contribution in [3.8, 4) is 0 Å². The molecule has 1 aliphatic carbocycles. The van der Waals surface area contributed by atoms with E-state index in [9.17, 15) is 0 Å². The molecule has 1 N–H and O–H groups in total. The maximum Gasteiger partial charge on any atom is 0.0565 e. The fraction of sp³-hybridized carbons (Fsp3) is 1.00. The first-order valence-electron chi connectivity index (χ1n) is 7.56. The number of rotatable bonds is 2. The largest absolute Gasteiger partial charge is 0.375 e. The molecule has 0 spiro atoms. The van der Waals surface area contributed by atoms with E-state index in [1.54, 1.807) is 0 Å². The van der Waals surface area contributed by atoms with Crippen LogP contribution in [0.5, 0.6) is 0 Å². The third kappa shape index (κ3) is 3.96. The Bertz CT molecular complexity index is 221. The topological polar surface area (TPSA) is 21.3 Å². The van der Waals surface area contributed by atoms with Crippen LogP contribution in [-0.2, 0) is 4.74 Å². The molecule has 2 aliphatic rings. The Balaban J connectivity index is 1.85. The van der Waals surface area contributed by atoms with Gasteiger partial charge in [-0.3, -0.25) is 0 Å². The predicted octanol–water partition coefficient (Wildman–Crippen LogP) is 3.50. The second-order valence-corrected chi connectivity index (χ2v) is 6.31. The minimum atomic E-state index is 0.428. The maximum absolute atomic E-state index is 5.82. The SMILES string of the molecule is CC1CC(NC2CCCCCC2C)CC(C)O1. The number of ether oxygens (including phenoxy) is 1. The van der Waals surface area contributed by atoms with E-state index >= 15 is 0 Å². The zero-order valence-corrected chi connectivity index (χ0v) is 11.7. The standard InChI is InChI=1S/C15H29NO/c1-11-7-5-4-6-8-15(11)16-14-9-12(2)17-13(3)10-14/h11-16H,4-10H2,1-3H3. The number of hydrogen-bond donors (Lipinski definition) is 1. The van der Waals surface area contributed by atoms with Crippen molar-refractivity contribution in [2.75, 3.05) is 0 Å². The van der Waals surface area contributed by atoms with Crippen LogP contribution in [0, 0.1) is 5.92 Å². The quantitative estimate of drug-likeness (QED) is 0.745. The first-order chi connectivity index (χ1) is 8.15. The Morgan fingerprint density at radius 1 is 0.882 bits per heavy atom. The summed E-state index contributed by atoms with van der Waals surface area (Å²) >= 11 is 0. The highest BCUT2D eigenvalue weighted by molar-refractivity contribution is 4.85. The van der Waals surface area contributed by atoms with Gasteiger partial charge in [-0.05, 0) is 45.4 Å². The van der Waals surface area contributed by atoms with E-state index in [0.29, 0.717) is 18.2 Å². The normalized spacial score (nSPS) is 44.3. The van der Waals surface area contributed by atoms with Crippen molar-refractivity contribution in [2.45, 2.75) is 90.0 Å². The van der Waals surface area contributed by atoms with Gasteiger partial charge in [-0.1, -0.05) is 26.2 Å². The summed E-state index contributed by atoms with van der Waals surface area (Å²) in [5, 5.41) is 3.93. The molecular formula is C15H29NO. The first-order valence-corrected chi connectivity index (χ1v) is 7.56. The fourth-order valence-corrected chi connectivity index (χ4v) is 3.58. The van der Waals surface area contributed by atoms with Gasteiger partial charge in [-0.25, -0.2) is 0 Å². The monoisotopic (exact) mass is 239 g/mol. The van der Waals surface area contributed by atoms with Gasteiger partial charge < -0.3 is 10.1 Å². The van der Waals surface area contributed by atoms with Gasteiger partial charge in [0.2, 0.25) is 0 Å². The van der Waals surface area contributed by atoms with Crippen molar-refractivity contribution in [1.29, 1.82) is 0 Å². The fourth-order valence-electron chi connectivity index (χ4n) is 3.58. The molecule has 1 heterocycles. The van der Waals surface area contributed by atoms with E-state index in [4.69, 9.17) is 4.74 Å². The Labute approximate surface area is 107 Å². The predicted molar refractivity (Wildman–Crippen MR) is 72.2 cm³/mol. The molecule has 1 saturated heterocycles. The molecular weight excluding hydrogens is 210 g/mol. The lowest BCUT2D eigenvalue weighted by Crippen LogP contribution is -2.47. The van der Waals surface area contributed by atoms with Crippen molar-refractivity contribution in [1.82, 2.24) is 5.32 Å². The summed E-state index contributed by atoms with van der Waals surface area (Å²) in [6.45, 7) is 6.84. The highest BCUT2D eigenvalue weighted by Gasteiger charge is 2.28. The molecule has 0 bridgehead atoms. The van der Waals surface area contributed by atoms with Gasteiger partial charge >= 0.3 is 0 Å². The summed E-state index contributed by atoms with van der Waals surface area (Å²) in [6, 6.07) is 1.43. The van der Waals surface area contributed by atoms with Crippen LogP contribution >= 0.6 is 0 Å². The second kappa shape index (κ2) is 6.19. The number of hydrogen-bond acceptors (Lipinski definition) is 2.